The lowest BCUT2D eigenvalue weighted by molar-refractivity contribution is 0.831. The smallest absolute Gasteiger partial charge is 0.153 e. The van der Waals surface area contributed by atoms with Crippen molar-refractivity contribution in [2.24, 2.45) is 11.7 Å². The van der Waals surface area contributed by atoms with Crippen LogP contribution in [0.25, 0.3) is 0 Å². The van der Waals surface area contributed by atoms with Crippen molar-refractivity contribution in [3.8, 4) is 12.1 Å². The van der Waals surface area contributed by atoms with Gasteiger partial charge in [-0.25, -0.2) is 0 Å². The first-order valence-corrected chi connectivity index (χ1v) is 3.68. The van der Waals surface area contributed by atoms with Gasteiger partial charge in [0, 0.05) is 5.92 Å². The average Bonchev–Trinajstić information content (AvgIpc) is 2.12. The van der Waals surface area contributed by atoms with Gasteiger partial charge in [-0.2, -0.15) is 10.5 Å². The van der Waals surface area contributed by atoms with Crippen LogP contribution in [0.15, 0.2) is 11.4 Å². The van der Waals surface area contributed by atoms with Gasteiger partial charge in [0.2, 0.25) is 0 Å². The molecular formula is C8H12ClN5. The minimum absolute atomic E-state index is 0. The number of nitrogens with two attached hydrogens (primary N) is 1. The minimum atomic E-state index is -0.201. The number of nitrogens with zero attached hydrogens (tertiary/aromatic N) is 2. The summed E-state index contributed by atoms with van der Waals surface area (Å²) < 4.78 is 0. The van der Waals surface area contributed by atoms with Gasteiger partial charge in [-0.05, 0) is 0 Å². The summed E-state index contributed by atoms with van der Waals surface area (Å²) in [4.78, 5) is 0. The van der Waals surface area contributed by atoms with Crippen LogP contribution in [0.5, 0.6) is 0 Å². The van der Waals surface area contributed by atoms with E-state index < -0.39 is 0 Å². The van der Waals surface area contributed by atoms with Crippen LogP contribution in [0.4, 0.5) is 0 Å². The molecule has 5 nitrogen and oxygen atoms in total. The summed E-state index contributed by atoms with van der Waals surface area (Å²) in [7, 11) is 0. The van der Waals surface area contributed by atoms with E-state index in [-0.39, 0.29) is 35.6 Å². The quantitative estimate of drug-likeness (QED) is 0.359. The summed E-state index contributed by atoms with van der Waals surface area (Å²) in [5, 5.41) is 26.8. The molecule has 0 radical (unpaired) electrons. The van der Waals surface area contributed by atoms with E-state index in [1.807, 2.05) is 0 Å². The predicted molar refractivity (Wildman–Crippen MR) is 55.4 cm³/mol. The van der Waals surface area contributed by atoms with Crippen LogP contribution >= 0.6 is 12.4 Å². The van der Waals surface area contributed by atoms with Crippen molar-refractivity contribution in [2.45, 2.75) is 13.8 Å². The second-order valence-electron chi connectivity index (χ2n) is 2.71. The average molecular weight is 214 g/mol. The van der Waals surface area contributed by atoms with Gasteiger partial charge in [-0.15, -0.1) is 12.4 Å². The van der Waals surface area contributed by atoms with Crippen LogP contribution in [0.3, 0.4) is 0 Å². The van der Waals surface area contributed by atoms with E-state index in [1.165, 1.54) is 0 Å². The van der Waals surface area contributed by atoms with Crippen LogP contribution in [-0.2, 0) is 0 Å². The highest BCUT2D eigenvalue weighted by Crippen LogP contribution is 1.97. The minimum Gasteiger partial charge on any atom is -0.388 e. The molecule has 14 heavy (non-hydrogen) atoms. The van der Waals surface area contributed by atoms with E-state index in [0.29, 0.717) is 0 Å². The Kier molecular flexibility index (Phi) is 7.14. The number of hydrogen-bond acceptors (Lipinski definition) is 4. The molecule has 0 spiro atoms. The zero-order chi connectivity index (χ0) is 10.4. The van der Waals surface area contributed by atoms with Crippen LogP contribution in [0, 0.1) is 34.0 Å². The molecule has 0 fully saturated rings. The van der Waals surface area contributed by atoms with Gasteiger partial charge in [0.25, 0.3) is 0 Å². The van der Waals surface area contributed by atoms with E-state index >= 15 is 0 Å². The van der Waals surface area contributed by atoms with Gasteiger partial charge in [-0.3, -0.25) is 5.41 Å². The van der Waals surface area contributed by atoms with Crippen molar-refractivity contribution in [1.29, 1.82) is 15.9 Å². The van der Waals surface area contributed by atoms with Crippen LogP contribution in [0.2, 0.25) is 0 Å². The summed E-state index contributed by atoms with van der Waals surface area (Å²) in [5.74, 6) is 0.129. The molecule has 0 aromatic heterocycles. The first-order valence-electron chi connectivity index (χ1n) is 3.68. The van der Waals surface area contributed by atoms with Crippen molar-refractivity contribution < 1.29 is 0 Å². The molecule has 0 aromatic rings. The van der Waals surface area contributed by atoms with Crippen molar-refractivity contribution in [2.75, 3.05) is 0 Å². The molecule has 0 aliphatic rings. The molecule has 0 aliphatic heterocycles. The standard InChI is InChI=1S/C8H11N5.ClH/c1-5(2)8(12)13-7(4-10)6(11)3-9;/h5H,11H2,1-2H3,(H2,12,13);1H. The van der Waals surface area contributed by atoms with Crippen molar-refractivity contribution in [3.63, 3.8) is 0 Å². The fraction of sp³-hybridized carbons (Fsp3) is 0.375. The summed E-state index contributed by atoms with van der Waals surface area (Å²) in [5.41, 5.74) is 4.94. The summed E-state index contributed by atoms with van der Waals surface area (Å²) in [6.45, 7) is 3.60. The number of amidine groups is 1. The zero-order valence-corrected chi connectivity index (χ0v) is 8.77. The highest BCUT2D eigenvalue weighted by Gasteiger charge is 2.07. The van der Waals surface area contributed by atoms with E-state index in [0.717, 1.165) is 0 Å². The van der Waals surface area contributed by atoms with E-state index in [1.54, 1.807) is 26.0 Å². The molecule has 0 bridgehead atoms. The zero-order valence-electron chi connectivity index (χ0n) is 7.96. The maximum Gasteiger partial charge on any atom is 0.153 e. The number of halogens is 1. The van der Waals surface area contributed by atoms with Crippen molar-refractivity contribution in [3.05, 3.63) is 11.4 Å². The first-order chi connectivity index (χ1) is 6.02. The monoisotopic (exact) mass is 213 g/mol. The molecule has 0 unspecified atom stereocenters. The lowest BCUT2D eigenvalue weighted by atomic mass is 10.2. The number of hydrogen-bond donors (Lipinski definition) is 3. The highest BCUT2D eigenvalue weighted by atomic mass is 35.5. The molecule has 0 saturated carbocycles. The van der Waals surface area contributed by atoms with E-state index in [4.69, 9.17) is 21.7 Å². The molecular weight excluding hydrogens is 202 g/mol. The summed E-state index contributed by atoms with van der Waals surface area (Å²) >= 11 is 0. The highest BCUT2D eigenvalue weighted by molar-refractivity contribution is 5.85. The fourth-order valence-electron chi connectivity index (χ4n) is 0.490. The number of nitrogens with one attached hydrogen (secondary N) is 2. The van der Waals surface area contributed by atoms with Gasteiger partial charge < -0.3 is 11.1 Å². The van der Waals surface area contributed by atoms with Gasteiger partial charge in [0.05, 0.1) is 0 Å². The van der Waals surface area contributed by atoms with E-state index in [9.17, 15) is 0 Å². The first kappa shape index (κ1) is 14.8. The second kappa shape index (κ2) is 6.76. The van der Waals surface area contributed by atoms with Gasteiger partial charge in [0.1, 0.15) is 23.7 Å². The molecule has 0 aromatic carbocycles. The SMILES string of the molecule is CC(C)C(=N)NC(C#N)=C(N)C#N.Cl. The predicted octanol–water partition coefficient (Wildman–Crippen LogP) is 0.849. The third kappa shape index (κ3) is 4.34. The van der Waals surface area contributed by atoms with Crippen LogP contribution < -0.4 is 11.1 Å². The van der Waals surface area contributed by atoms with Crippen molar-refractivity contribution in [1.82, 2.24) is 5.32 Å². The normalized spacial score (nSPS) is 10.4. The molecule has 0 heterocycles. The second-order valence-corrected chi connectivity index (χ2v) is 2.71. The molecule has 0 saturated heterocycles. The van der Waals surface area contributed by atoms with Crippen LogP contribution in [0.1, 0.15) is 13.8 Å². The Morgan fingerprint density at radius 1 is 1.36 bits per heavy atom. The molecule has 76 valence electrons. The van der Waals surface area contributed by atoms with Gasteiger partial charge in [-0.1, -0.05) is 13.8 Å². The lowest BCUT2D eigenvalue weighted by Crippen LogP contribution is -2.27. The number of allylic oxidation sites excluding steroid dienone is 2. The van der Waals surface area contributed by atoms with Gasteiger partial charge >= 0.3 is 0 Å². The summed E-state index contributed by atoms with van der Waals surface area (Å²) in [6, 6.07) is 3.35. The number of rotatable bonds is 2. The fourth-order valence-corrected chi connectivity index (χ4v) is 0.490. The van der Waals surface area contributed by atoms with Gasteiger partial charge in [0.15, 0.2) is 5.70 Å². The van der Waals surface area contributed by atoms with E-state index in [2.05, 4.69) is 5.32 Å². The summed E-state index contributed by atoms with van der Waals surface area (Å²) in [6.07, 6.45) is 0. The Balaban J connectivity index is 0. The third-order valence-corrected chi connectivity index (χ3v) is 1.34. The number of nitriles is 2. The Bertz CT molecular complexity index is 318. The maximum absolute atomic E-state index is 8.56. The molecule has 0 amide bonds. The molecule has 6 heteroatoms. The molecule has 0 rings (SSSR count). The molecule has 4 N–H and O–H groups in total. The van der Waals surface area contributed by atoms with Crippen molar-refractivity contribution >= 4 is 18.2 Å². The Labute approximate surface area is 89.1 Å². The Hall–Kier alpha value is -1.72. The molecule has 0 atom stereocenters. The molecule has 0 aliphatic carbocycles. The Morgan fingerprint density at radius 2 is 1.86 bits per heavy atom. The Morgan fingerprint density at radius 3 is 2.14 bits per heavy atom. The maximum atomic E-state index is 8.56. The van der Waals surface area contributed by atoms with Crippen LogP contribution in [-0.4, -0.2) is 5.84 Å². The lowest BCUT2D eigenvalue weighted by Gasteiger charge is -2.08. The largest absolute Gasteiger partial charge is 0.388 e. The topological polar surface area (TPSA) is 109 Å². The third-order valence-electron chi connectivity index (χ3n) is 1.34.